The number of carbonyl (C=O) groups excluding carboxylic acids is 1. The molecule has 1 saturated carbocycles. The molecule has 0 aliphatic heterocycles. The number of rotatable bonds is 10. The molecule has 0 unspecified atom stereocenters. The lowest BCUT2D eigenvalue weighted by atomic mass is 9.77. The molecule has 1 fully saturated rings. The Bertz CT molecular complexity index is 515. The molecule has 1 aliphatic carbocycles. The van der Waals surface area contributed by atoms with Gasteiger partial charge in [-0.2, -0.15) is 0 Å². The largest absolute Gasteiger partial charge is 0.492 e. The number of benzene rings is 1. The Kier molecular flexibility index (Phi) is 8.58. The van der Waals surface area contributed by atoms with E-state index in [4.69, 9.17) is 4.74 Å². The third-order valence-corrected chi connectivity index (χ3v) is 5.27. The van der Waals surface area contributed by atoms with E-state index in [0.717, 1.165) is 11.7 Å². The first-order chi connectivity index (χ1) is 12.2. The summed E-state index contributed by atoms with van der Waals surface area (Å²) in [6.45, 7) is 6.67. The molecular formula is C22H33NO2. The summed E-state index contributed by atoms with van der Waals surface area (Å²) in [4.78, 5) is 11.1. The Hall–Kier alpha value is -1.77. The van der Waals surface area contributed by atoms with Crippen LogP contribution in [0, 0.1) is 5.92 Å². The van der Waals surface area contributed by atoms with Crippen LogP contribution in [-0.4, -0.2) is 19.1 Å². The Morgan fingerprint density at radius 3 is 2.56 bits per heavy atom. The molecule has 1 aromatic rings. The lowest BCUT2D eigenvalue weighted by Crippen LogP contribution is -2.26. The van der Waals surface area contributed by atoms with Crippen LogP contribution in [0.25, 0.3) is 0 Å². The summed E-state index contributed by atoms with van der Waals surface area (Å²) in [7, 11) is 0. The molecule has 0 heterocycles. The van der Waals surface area contributed by atoms with Gasteiger partial charge in [0.1, 0.15) is 12.4 Å². The molecule has 3 heteroatoms. The summed E-state index contributed by atoms with van der Waals surface area (Å²) in [6.07, 6.45) is 12.2. The fourth-order valence-corrected chi connectivity index (χ4v) is 3.72. The van der Waals surface area contributed by atoms with E-state index in [-0.39, 0.29) is 5.91 Å². The number of ether oxygens (including phenoxy) is 1. The molecule has 3 nitrogen and oxygen atoms in total. The van der Waals surface area contributed by atoms with Crippen LogP contribution in [0.3, 0.4) is 0 Å². The summed E-state index contributed by atoms with van der Waals surface area (Å²) >= 11 is 0. The highest BCUT2D eigenvalue weighted by Crippen LogP contribution is 2.38. The maximum absolute atomic E-state index is 11.1. The van der Waals surface area contributed by atoms with E-state index >= 15 is 0 Å². The molecule has 0 bridgehead atoms. The van der Waals surface area contributed by atoms with Gasteiger partial charge in [0.15, 0.2) is 0 Å². The first-order valence-corrected chi connectivity index (χ1v) is 9.86. The zero-order valence-electron chi connectivity index (χ0n) is 15.6. The van der Waals surface area contributed by atoms with Crippen molar-refractivity contribution in [2.24, 2.45) is 5.92 Å². The predicted molar refractivity (Wildman–Crippen MR) is 104 cm³/mol. The van der Waals surface area contributed by atoms with Gasteiger partial charge in [-0.15, -0.1) is 0 Å². The number of nitrogens with one attached hydrogen (secondary N) is 1. The number of hydrogen-bond donors (Lipinski definition) is 1. The van der Waals surface area contributed by atoms with Crippen LogP contribution >= 0.6 is 0 Å². The number of amides is 1. The van der Waals surface area contributed by atoms with Gasteiger partial charge in [-0.3, -0.25) is 4.79 Å². The lowest BCUT2D eigenvalue weighted by molar-refractivity contribution is -0.116. The van der Waals surface area contributed by atoms with E-state index in [1.807, 2.05) is 0 Å². The van der Waals surface area contributed by atoms with Crippen molar-refractivity contribution in [3.8, 4) is 5.75 Å². The van der Waals surface area contributed by atoms with Crippen molar-refractivity contribution in [1.29, 1.82) is 0 Å². The average molecular weight is 344 g/mol. The van der Waals surface area contributed by atoms with Crippen LogP contribution in [0.5, 0.6) is 5.75 Å². The van der Waals surface area contributed by atoms with Crippen LogP contribution in [0.2, 0.25) is 0 Å². The molecule has 1 aromatic carbocycles. The summed E-state index contributed by atoms with van der Waals surface area (Å²) in [5.41, 5.74) is 1.44. The Balaban J connectivity index is 1.69. The van der Waals surface area contributed by atoms with Gasteiger partial charge >= 0.3 is 0 Å². The standard InChI is InChI=1S/C22H33NO2/c1-3-5-6-7-18-8-10-19(11-9-18)20-12-14-21(15-13-20)25-17-16-23-22(24)4-2/h4,12-15,18-19H,2-3,5-11,16-17H2,1H3,(H,23,24). The van der Waals surface area contributed by atoms with Gasteiger partial charge in [0, 0.05) is 0 Å². The molecular weight excluding hydrogens is 310 g/mol. The highest BCUT2D eigenvalue weighted by atomic mass is 16.5. The van der Waals surface area contributed by atoms with E-state index in [9.17, 15) is 4.79 Å². The Morgan fingerprint density at radius 2 is 1.92 bits per heavy atom. The maximum atomic E-state index is 11.1. The first-order valence-electron chi connectivity index (χ1n) is 9.86. The van der Waals surface area contributed by atoms with Crippen LogP contribution in [-0.2, 0) is 4.79 Å². The lowest BCUT2D eigenvalue weighted by Gasteiger charge is -2.29. The molecule has 0 radical (unpaired) electrons. The monoisotopic (exact) mass is 343 g/mol. The summed E-state index contributed by atoms with van der Waals surface area (Å²) in [6, 6.07) is 8.52. The van der Waals surface area contributed by atoms with E-state index in [1.54, 1.807) is 0 Å². The van der Waals surface area contributed by atoms with Crippen LogP contribution < -0.4 is 10.1 Å². The second-order valence-electron chi connectivity index (χ2n) is 7.13. The van der Waals surface area contributed by atoms with Crippen molar-refractivity contribution in [3.05, 3.63) is 42.5 Å². The highest BCUT2D eigenvalue weighted by Gasteiger charge is 2.21. The third kappa shape index (κ3) is 6.93. The number of unbranched alkanes of at least 4 members (excludes halogenated alkanes) is 2. The van der Waals surface area contributed by atoms with Crippen molar-refractivity contribution in [2.75, 3.05) is 13.2 Å². The van der Waals surface area contributed by atoms with Gasteiger partial charge in [0.05, 0.1) is 6.54 Å². The SMILES string of the molecule is C=CC(=O)NCCOc1ccc(C2CCC(CCCCC)CC2)cc1. The Morgan fingerprint density at radius 1 is 1.20 bits per heavy atom. The summed E-state index contributed by atoms with van der Waals surface area (Å²) in [5, 5.41) is 2.71. The summed E-state index contributed by atoms with van der Waals surface area (Å²) < 4.78 is 5.67. The van der Waals surface area contributed by atoms with Crippen LogP contribution in [0.4, 0.5) is 0 Å². The van der Waals surface area contributed by atoms with E-state index in [1.165, 1.54) is 63.0 Å². The minimum Gasteiger partial charge on any atom is -0.492 e. The van der Waals surface area contributed by atoms with Gasteiger partial charge < -0.3 is 10.1 Å². The Labute approximate surface area is 152 Å². The van der Waals surface area contributed by atoms with Crippen molar-refractivity contribution >= 4 is 5.91 Å². The molecule has 1 amide bonds. The van der Waals surface area contributed by atoms with E-state index in [0.29, 0.717) is 19.1 Å². The zero-order valence-corrected chi connectivity index (χ0v) is 15.6. The average Bonchev–Trinajstić information content (AvgIpc) is 2.66. The number of hydrogen-bond acceptors (Lipinski definition) is 2. The highest BCUT2D eigenvalue weighted by molar-refractivity contribution is 5.86. The zero-order chi connectivity index (χ0) is 17.9. The van der Waals surface area contributed by atoms with Gasteiger partial charge in [0.25, 0.3) is 0 Å². The minimum absolute atomic E-state index is 0.163. The minimum atomic E-state index is -0.163. The van der Waals surface area contributed by atoms with Crippen molar-refractivity contribution in [3.63, 3.8) is 0 Å². The normalized spacial score (nSPS) is 20.0. The molecule has 138 valence electrons. The van der Waals surface area contributed by atoms with Gasteiger partial charge in [0.2, 0.25) is 5.91 Å². The second-order valence-corrected chi connectivity index (χ2v) is 7.13. The van der Waals surface area contributed by atoms with E-state index < -0.39 is 0 Å². The molecule has 2 rings (SSSR count). The molecule has 0 aromatic heterocycles. The number of carbonyl (C=O) groups is 1. The van der Waals surface area contributed by atoms with Crippen LogP contribution in [0.1, 0.15) is 69.8 Å². The molecule has 25 heavy (non-hydrogen) atoms. The molecule has 0 atom stereocenters. The topological polar surface area (TPSA) is 38.3 Å². The van der Waals surface area contributed by atoms with Gasteiger partial charge in [-0.05, 0) is 61.3 Å². The third-order valence-electron chi connectivity index (χ3n) is 5.27. The van der Waals surface area contributed by atoms with Crippen LogP contribution in [0.15, 0.2) is 36.9 Å². The smallest absolute Gasteiger partial charge is 0.243 e. The van der Waals surface area contributed by atoms with Crippen molar-refractivity contribution in [1.82, 2.24) is 5.32 Å². The van der Waals surface area contributed by atoms with Gasteiger partial charge in [-0.1, -0.05) is 51.3 Å². The molecule has 0 spiro atoms. The predicted octanol–water partition coefficient (Wildman–Crippen LogP) is 5.22. The molecule has 0 saturated heterocycles. The van der Waals surface area contributed by atoms with Gasteiger partial charge in [-0.25, -0.2) is 0 Å². The fourth-order valence-electron chi connectivity index (χ4n) is 3.72. The van der Waals surface area contributed by atoms with Crippen molar-refractivity contribution in [2.45, 2.75) is 64.2 Å². The maximum Gasteiger partial charge on any atom is 0.243 e. The fraction of sp³-hybridized carbons (Fsp3) is 0.591. The quantitative estimate of drug-likeness (QED) is 0.467. The molecule has 1 aliphatic rings. The first kappa shape index (κ1) is 19.6. The van der Waals surface area contributed by atoms with E-state index in [2.05, 4.69) is 43.1 Å². The summed E-state index contributed by atoms with van der Waals surface area (Å²) in [5.74, 6) is 2.37. The molecule has 1 N–H and O–H groups in total. The van der Waals surface area contributed by atoms with Crippen molar-refractivity contribution < 1.29 is 9.53 Å². The second kappa shape index (κ2) is 11.0.